The van der Waals surface area contributed by atoms with Crippen molar-refractivity contribution < 1.29 is 9.15 Å². The van der Waals surface area contributed by atoms with Crippen molar-refractivity contribution in [3.05, 3.63) is 54.8 Å². The first-order valence-electron chi connectivity index (χ1n) is 8.54. The Balaban J connectivity index is 1.54. The third kappa shape index (κ3) is 4.09. The minimum atomic E-state index is 0.248. The summed E-state index contributed by atoms with van der Waals surface area (Å²) in [6, 6.07) is 9.82. The van der Waals surface area contributed by atoms with Crippen LogP contribution in [-0.4, -0.2) is 21.6 Å². The van der Waals surface area contributed by atoms with Crippen LogP contribution < -0.4 is 26.0 Å². The Labute approximate surface area is 155 Å². The summed E-state index contributed by atoms with van der Waals surface area (Å²) in [5.41, 5.74) is 2.79. The SMILES string of the molecule is CCOc1nc(NCc2ccco2)nc(Nc2ccc3c(c2)NC=CN3)n1. The van der Waals surface area contributed by atoms with Gasteiger partial charge in [-0.2, -0.15) is 15.0 Å². The Bertz CT molecular complexity index is 941. The van der Waals surface area contributed by atoms with Gasteiger partial charge < -0.3 is 30.4 Å². The molecule has 1 aliphatic rings. The molecule has 9 nitrogen and oxygen atoms in total. The zero-order valence-corrected chi connectivity index (χ0v) is 14.7. The predicted molar refractivity (Wildman–Crippen MR) is 103 cm³/mol. The molecule has 4 rings (SSSR count). The van der Waals surface area contributed by atoms with Gasteiger partial charge >= 0.3 is 6.01 Å². The van der Waals surface area contributed by atoms with Crippen LogP contribution in [0.2, 0.25) is 0 Å². The lowest BCUT2D eigenvalue weighted by molar-refractivity contribution is 0.312. The van der Waals surface area contributed by atoms with Crippen molar-refractivity contribution in [3.63, 3.8) is 0 Å². The van der Waals surface area contributed by atoms with Crippen molar-refractivity contribution in [2.45, 2.75) is 13.5 Å². The highest BCUT2D eigenvalue weighted by Crippen LogP contribution is 2.29. The number of anilines is 5. The van der Waals surface area contributed by atoms with E-state index >= 15 is 0 Å². The van der Waals surface area contributed by atoms with Crippen LogP contribution in [-0.2, 0) is 6.54 Å². The van der Waals surface area contributed by atoms with E-state index in [1.807, 2.05) is 49.7 Å². The van der Waals surface area contributed by atoms with Crippen LogP contribution in [0.5, 0.6) is 6.01 Å². The van der Waals surface area contributed by atoms with Gasteiger partial charge in [0.15, 0.2) is 0 Å². The number of ether oxygens (including phenoxy) is 1. The van der Waals surface area contributed by atoms with Crippen molar-refractivity contribution in [2.24, 2.45) is 0 Å². The molecule has 0 saturated carbocycles. The van der Waals surface area contributed by atoms with Crippen molar-refractivity contribution in [1.82, 2.24) is 15.0 Å². The Morgan fingerprint density at radius 2 is 1.89 bits per heavy atom. The standard InChI is InChI=1S/C18H19N7O2/c1-2-26-18-24-16(21-11-13-4-3-9-27-13)23-17(25-18)22-12-5-6-14-15(10-12)20-8-7-19-14/h3-10,19-20H,2,11H2,1H3,(H2,21,22,23,24,25). The summed E-state index contributed by atoms with van der Waals surface area (Å²) in [6.45, 7) is 2.80. The van der Waals surface area contributed by atoms with E-state index in [1.54, 1.807) is 6.26 Å². The topological polar surface area (TPSA) is 109 Å². The monoisotopic (exact) mass is 365 g/mol. The second-order valence-electron chi connectivity index (χ2n) is 5.64. The van der Waals surface area contributed by atoms with Crippen molar-refractivity contribution >= 4 is 29.0 Å². The van der Waals surface area contributed by atoms with E-state index in [-0.39, 0.29) is 6.01 Å². The van der Waals surface area contributed by atoms with Crippen molar-refractivity contribution in [1.29, 1.82) is 0 Å². The molecule has 27 heavy (non-hydrogen) atoms. The summed E-state index contributed by atoms with van der Waals surface area (Å²) in [5.74, 6) is 1.56. The molecule has 0 fully saturated rings. The lowest BCUT2D eigenvalue weighted by Gasteiger charge is -2.16. The van der Waals surface area contributed by atoms with Gasteiger partial charge in [0.1, 0.15) is 5.76 Å². The molecular formula is C18H19N7O2. The number of nitrogens with one attached hydrogen (secondary N) is 4. The number of hydrogen-bond donors (Lipinski definition) is 4. The minimum Gasteiger partial charge on any atom is -0.467 e. The van der Waals surface area contributed by atoms with E-state index in [4.69, 9.17) is 9.15 Å². The van der Waals surface area contributed by atoms with E-state index < -0.39 is 0 Å². The Morgan fingerprint density at radius 1 is 1.04 bits per heavy atom. The fraction of sp³-hybridized carbons (Fsp3) is 0.167. The van der Waals surface area contributed by atoms with Crippen LogP contribution >= 0.6 is 0 Å². The quantitative estimate of drug-likeness (QED) is 0.500. The molecule has 0 spiro atoms. The summed E-state index contributed by atoms with van der Waals surface area (Å²) in [7, 11) is 0. The van der Waals surface area contributed by atoms with E-state index in [2.05, 4.69) is 36.2 Å². The molecule has 3 heterocycles. The van der Waals surface area contributed by atoms with Crippen LogP contribution in [0.25, 0.3) is 0 Å². The summed E-state index contributed by atoms with van der Waals surface area (Å²) in [6.07, 6.45) is 5.29. The van der Waals surface area contributed by atoms with Gasteiger partial charge in [-0.1, -0.05) is 0 Å². The maximum atomic E-state index is 5.46. The summed E-state index contributed by atoms with van der Waals surface area (Å²) < 4.78 is 10.8. The van der Waals surface area contributed by atoms with Gasteiger partial charge in [-0.3, -0.25) is 0 Å². The van der Waals surface area contributed by atoms with Crippen molar-refractivity contribution in [2.75, 3.05) is 27.9 Å². The van der Waals surface area contributed by atoms with Gasteiger partial charge in [0.05, 0.1) is 30.8 Å². The molecule has 1 aliphatic heterocycles. The highest BCUT2D eigenvalue weighted by atomic mass is 16.5. The molecule has 0 atom stereocenters. The third-order valence-corrected chi connectivity index (χ3v) is 3.73. The maximum absolute atomic E-state index is 5.46. The van der Waals surface area contributed by atoms with Gasteiger partial charge in [0.2, 0.25) is 11.9 Å². The van der Waals surface area contributed by atoms with Gasteiger partial charge in [0.25, 0.3) is 0 Å². The molecule has 4 N–H and O–H groups in total. The van der Waals surface area contributed by atoms with E-state index in [0.29, 0.717) is 25.0 Å². The molecule has 0 aliphatic carbocycles. The molecule has 138 valence electrons. The predicted octanol–water partition coefficient (Wildman–Crippen LogP) is 3.53. The van der Waals surface area contributed by atoms with E-state index in [0.717, 1.165) is 22.8 Å². The van der Waals surface area contributed by atoms with Crippen LogP contribution in [0.15, 0.2) is 53.4 Å². The minimum absolute atomic E-state index is 0.248. The molecule has 9 heteroatoms. The Morgan fingerprint density at radius 3 is 2.70 bits per heavy atom. The zero-order valence-electron chi connectivity index (χ0n) is 14.7. The smallest absolute Gasteiger partial charge is 0.323 e. The number of rotatable bonds is 7. The third-order valence-electron chi connectivity index (χ3n) is 3.73. The summed E-state index contributed by atoms with van der Waals surface area (Å²) in [5, 5.41) is 12.7. The molecular weight excluding hydrogens is 346 g/mol. The second-order valence-corrected chi connectivity index (χ2v) is 5.64. The highest BCUT2D eigenvalue weighted by Gasteiger charge is 2.10. The van der Waals surface area contributed by atoms with E-state index in [1.165, 1.54) is 0 Å². The number of hydrogen-bond acceptors (Lipinski definition) is 9. The molecule has 0 bridgehead atoms. The van der Waals surface area contributed by atoms with Crippen LogP contribution in [0.3, 0.4) is 0 Å². The van der Waals surface area contributed by atoms with Crippen LogP contribution in [0, 0.1) is 0 Å². The first-order valence-corrected chi connectivity index (χ1v) is 8.54. The van der Waals surface area contributed by atoms with Gasteiger partial charge in [0, 0.05) is 18.1 Å². The van der Waals surface area contributed by atoms with Crippen LogP contribution in [0.1, 0.15) is 12.7 Å². The molecule has 2 aromatic heterocycles. The van der Waals surface area contributed by atoms with Crippen LogP contribution in [0.4, 0.5) is 29.0 Å². The number of fused-ring (bicyclic) bond motifs is 1. The zero-order chi connectivity index (χ0) is 18.5. The first kappa shape index (κ1) is 16.7. The molecule has 3 aromatic rings. The Hall–Kier alpha value is -3.75. The number of benzene rings is 1. The first-order chi connectivity index (χ1) is 13.3. The molecule has 1 aromatic carbocycles. The van der Waals surface area contributed by atoms with Gasteiger partial charge in [-0.25, -0.2) is 0 Å². The number of nitrogens with zero attached hydrogens (tertiary/aromatic N) is 3. The van der Waals surface area contributed by atoms with Crippen molar-refractivity contribution in [3.8, 4) is 6.01 Å². The van der Waals surface area contributed by atoms with Gasteiger partial charge in [-0.15, -0.1) is 0 Å². The second kappa shape index (κ2) is 7.65. The lowest BCUT2D eigenvalue weighted by atomic mass is 10.2. The molecule has 0 radical (unpaired) electrons. The van der Waals surface area contributed by atoms with Gasteiger partial charge in [-0.05, 0) is 37.3 Å². The van der Waals surface area contributed by atoms with E-state index in [9.17, 15) is 0 Å². The highest BCUT2D eigenvalue weighted by molar-refractivity contribution is 5.78. The summed E-state index contributed by atoms with van der Waals surface area (Å²) >= 11 is 0. The fourth-order valence-corrected chi connectivity index (χ4v) is 2.52. The number of aromatic nitrogens is 3. The fourth-order valence-electron chi connectivity index (χ4n) is 2.52. The lowest BCUT2D eigenvalue weighted by Crippen LogP contribution is -2.09. The molecule has 0 unspecified atom stereocenters. The molecule has 0 saturated heterocycles. The average molecular weight is 365 g/mol. The Kier molecular flexibility index (Phi) is 4.73. The normalized spacial score (nSPS) is 11.9. The molecule has 0 amide bonds. The maximum Gasteiger partial charge on any atom is 0.323 e. The largest absolute Gasteiger partial charge is 0.467 e. The number of furan rings is 1. The average Bonchev–Trinajstić information content (AvgIpc) is 3.20. The summed E-state index contributed by atoms with van der Waals surface area (Å²) in [4.78, 5) is 13.0.